The smallest absolute Gasteiger partial charge is 0.328 e. The van der Waals surface area contributed by atoms with Crippen LogP contribution in [-0.4, -0.2) is 48.9 Å². The van der Waals surface area contributed by atoms with Gasteiger partial charge in [-0.15, -0.1) is 0 Å². The predicted octanol–water partition coefficient (Wildman–Crippen LogP) is 1.50. The Morgan fingerprint density at radius 1 is 1.32 bits per heavy atom. The zero-order chi connectivity index (χ0) is 19.0. The fourth-order valence-corrected chi connectivity index (χ4v) is 4.54. The molecule has 0 aromatic carbocycles. The highest BCUT2D eigenvalue weighted by molar-refractivity contribution is 6.74. The number of aromatic nitrogens is 2. The molecular weight excluding hydrogens is 340 g/mol. The normalized spacial score (nSPS) is 27.6. The van der Waals surface area contributed by atoms with Gasteiger partial charge in [-0.1, -0.05) is 20.8 Å². The van der Waals surface area contributed by atoms with Crippen molar-refractivity contribution >= 4 is 8.32 Å². The van der Waals surface area contributed by atoms with E-state index in [1.54, 1.807) is 7.11 Å². The lowest BCUT2D eigenvalue weighted by molar-refractivity contribution is -0.0234. The van der Waals surface area contributed by atoms with Crippen molar-refractivity contribution in [3.63, 3.8) is 0 Å². The summed E-state index contributed by atoms with van der Waals surface area (Å²) in [7, 11) is -0.482. The Morgan fingerprint density at radius 2 is 1.96 bits per heavy atom. The molecule has 7 nitrogen and oxygen atoms in total. The lowest BCUT2D eigenvalue weighted by Crippen LogP contribution is -2.49. The van der Waals surface area contributed by atoms with Crippen molar-refractivity contribution in [2.45, 2.75) is 63.6 Å². The van der Waals surface area contributed by atoms with E-state index in [0.717, 1.165) is 0 Å². The van der Waals surface area contributed by atoms with Crippen LogP contribution in [-0.2, 0) is 9.16 Å². The van der Waals surface area contributed by atoms with Gasteiger partial charge >= 0.3 is 5.69 Å². The molecule has 1 aliphatic rings. The molecule has 2 N–H and O–H groups in total. The van der Waals surface area contributed by atoms with Gasteiger partial charge in [0.2, 0.25) is 0 Å². The van der Waals surface area contributed by atoms with Gasteiger partial charge in [0.15, 0.2) is 8.32 Å². The number of ether oxygens (including phenoxy) is 1. The highest BCUT2D eigenvalue weighted by Gasteiger charge is 2.50. The van der Waals surface area contributed by atoms with Gasteiger partial charge in [-0.05, 0) is 24.6 Å². The van der Waals surface area contributed by atoms with Crippen molar-refractivity contribution < 1.29 is 14.3 Å². The van der Waals surface area contributed by atoms with E-state index in [1.165, 1.54) is 16.8 Å². The summed E-state index contributed by atoms with van der Waals surface area (Å²) in [6.07, 6.45) is 1.39. The Hall–Kier alpha value is -1.22. The van der Waals surface area contributed by atoms with E-state index in [0.29, 0.717) is 6.42 Å². The Morgan fingerprint density at radius 3 is 2.44 bits per heavy atom. The number of aliphatic hydroxyl groups is 1. The highest BCUT2D eigenvalue weighted by atomic mass is 28.4. The van der Waals surface area contributed by atoms with Crippen molar-refractivity contribution in [1.29, 1.82) is 0 Å². The fourth-order valence-electron chi connectivity index (χ4n) is 3.18. The van der Waals surface area contributed by atoms with E-state index in [4.69, 9.17) is 9.16 Å². The standard InChI is InChI=1S/C17H30N2O5Si/c1-17(2,3)25(5,6)24-14-11(10-20)9-12(15(14)23-4)19-8-7-13(21)18-16(19)22/h7-8,11-12,14-15,20H,9-10H2,1-6H3,(H,18,21,22)/t11-,12-,14-,15+/m1/s1. The van der Waals surface area contributed by atoms with Crippen molar-refractivity contribution in [3.05, 3.63) is 33.1 Å². The second kappa shape index (κ2) is 7.18. The summed E-state index contributed by atoms with van der Waals surface area (Å²) in [6.45, 7) is 10.8. The summed E-state index contributed by atoms with van der Waals surface area (Å²) in [5, 5.41) is 9.89. The van der Waals surface area contributed by atoms with Crippen LogP contribution in [0.25, 0.3) is 0 Å². The molecule has 142 valence electrons. The summed E-state index contributed by atoms with van der Waals surface area (Å²) in [6, 6.07) is 1.03. The largest absolute Gasteiger partial charge is 0.411 e. The number of methoxy groups -OCH3 is 1. The molecule has 0 radical (unpaired) electrons. The lowest BCUT2D eigenvalue weighted by atomic mass is 10.1. The lowest BCUT2D eigenvalue weighted by Gasteiger charge is -2.41. The zero-order valence-electron chi connectivity index (χ0n) is 15.9. The van der Waals surface area contributed by atoms with Gasteiger partial charge < -0.3 is 14.3 Å². The second-order valence-corrected chi connectivity index (χ2v) is 13.1. The summed E-state index contributed by atoms with van der Waals surface area (Å²) in [5.74, 6) is -0.122. The molecule has 4 atom stereocenters. The third kappa shape index (κ3) is 3.97. The molecular formula is C17H30N2O5Si. The molecule has 1 heterocycles. The van der Waals surface area contributed by atoms with Crippen molar-refractivity contribution in [1.82, 2.24) is 9.55 Å². The van der Waals surface area contributed by atoms with E-state index >= 15 is 0 Å². The molecule has 25 heavy (non-hydrogen) atoms. The minimum absolute atomic E-state index is 0.0260. The number of aromatic amines is 1. The first-order valence-electron chi connectivity index (χ1n) is 8.65. The molecule has 2 rings (SSSR count). The molecule has 0 aliphatic heterocycles. The average Bonchev–Trinajstić information content (AvgIpc) is 2.82. The van der Waals surface area contributed by atoms with Crippen LogP contribution in [0, 0.1) is 5.92 Å². The maximum Gasteiger partial charge on any atom is 0.328 e. The molecule has 8 heteroatoms. The zero-order valence-corrected chi connectivity index (χ0v) is 16.9. The molecule has 0 bridgehead atoms. The highest BCUT2D eigenvalue weighted by Crippen LogP contribution is 2.44. The van der Waals surface area contributed by atoms with E-state index in [-0.39, 0.29) is 35.8 Å². The second-order valence-electron chi connectivity index (χ2n) is 8.31. The monoisotopic (exact) mass is 370 g/mol. The van der Waals surface area contributed by atoms with Crippen molar-refractivity contribution in [3.8, 4) is 0 Å². The number of nitrogens with zero attached hydrogens (tertiary/aromatic N) is 1. The Labute approximate surface area is 149 Å². The fraction of sp³-hybridized carbons (Fsp3) is 0.765. The van der Waals surface area contributed by atoms with Crippen LogP contribution in [0.1, 0.15) is 33.2 Å². The number of nitrogens with one attached hydrogen (secondary N) is 1. The first-order chi connectivity index (χ1) is 11.5. The van der Waals surface area contributed by atoms with Crippen molar-refractivity contribution in [2.24, 2.45) is 5.92 Å². The molecule has 0 unspecified atom stereocenters. The van der Waals surface area contributed by atoms with Crippen LogP contribution >= 0.6 is 0 Å². The number of H-pyrrole nitrogens is 1. The number of aliphatic hydroxyl groups excluding tert-OH is 1. The minimum atomic E-state index is -2.08. The van der Waals surface area contributed by atoms with Crippen LogP contribution in [0.2, 0.25) is 18.1 Å². The number of rotatable bonds is 5. The van der Waals surface area contributed by atoms with Crippen LogP contribution in [0.5, 0.6) is 0 Å². The van der Waals surface area contributed by atoms with Crippen LogP contribution in [0.15, 0.2) is 21.9 Å². The molecule has 1 saturated carbocycles. The Bertz CT molecular complexity index is 706. The van der Waals surface area contributed by atoms with Gasteiger partial charge in [0.25, 0.3) is 5.56 Å². The Kier molecular flexibility index (Phi) is 5.77. The molecule has 1 aliphatic carbocycles. The van der Waals surface area contributed by atoms with E-state index < -0.39 is 19.6 Å². The summed E-state index contributed by atoms with van der Waals surface area (Å²) < 4.78 is 13.7. The first kappa shape index (κ1) is 20.1. The molecule has 0 amide bonds. The van der Waals surface area contributed by atoms with Gasteiger partial charge in [0.05, 0.1) is 12.1 Å². The van der Waals surface area contributed by atoms with Crippen LogP contribution < -0.4 is 11.2 Å². The maximum absolute atomic E-state index is 12.2. The molecule has 0 spiro atoms. The van der Waals surface area contributed by atoms with Gasteiger partial charge in [-0.25, -0.2) is 4.79 Å². The number of hydrogen-bond donors (Lipinski definition) is 2. The van der Waals surface area contributed by atoms with Gasteiger partial charge in [0, 0.05) is 31.9 Å². The topological polar surface area (TPSA) is 93.5 Å². The van der Waals surface area contributed by atoms with E-state index in [2.05, 4.69) is 38.8 Å². The average molecular weight is 371 g/mol. The van der Waals surface area contributed by atoms with E-state index in [9.17, 15) is 14.7 Å². The Balaban J connectivity index is 2.38. The quantitative estimate of drug-likeness (QED) is 0.766. The number of hydrogen-bond acceptors (Lipinski definition) is 5. The van der Waals surface area contributed by atoms with Gasteiger partial charge in [0.1, 0.15) is 6.10 Å². The predicted molar refractivity (Wildman–Crippen MR) is 98.4 cm³/mol. The maximum atomic E-state index is 12.2. The summed E-state index contributed by atoms with van der Waals surface area (Å²) in [4.78, 5) is 25.8. The SMILES string of the molecule is CO[C@@H]1[C@H](O[Si](C)(C)C(C)(C)C)[C@@H](CO)C[C@H]1n1ccc(=O)[nH]c1=O. The molecule has 1 aromatic heterocycles. The summed E-state index contributed by atoms with van der Waals surface area (Å²) >= 11 is 0. The van der Waals surface area contributed by atoms with Crippen LogP contribution in [0.3, 0.4) is 0 Å². The molecule has 1 fully saturated rings. The van der Waals surface area contributed by atoms with Crippen LogP contribution in [0.4, 0.5) is 0 Å². The third-order valence-corrected chi connectivity index (χ3v) is 10.1. The molecule has 0 saturated heterocycles. The minimum Gasteiger partial charge on any atom is -0.411 e. The first-order valence-corrected chi connectivity index (χ1v) is 11.6. The summed E-state index contributed by atoms with van der Waals surface area (Å²) in [5.41, 5.74) is -0.898. The molecule has 1 aromatic rings. The van der Waals surface area contributed by atoms with E-state index in [1.807, 2.05) is 0 Å². The third-order valence-electron chi connectivity index (χ3n) is 5.66. The van der Waals surface area contributed by atoms with Crippen molar-refractivity contribution in [2.75, 3.05) is 13.7 Å². The van der Waals surface area contributed by atoms with Gasteiger partial charge in [-0.3, -0.25) is 14.3 Å². The van der Waals surface area contributed by atoms with Gasteiger partial charge in [-0.2, -0.15) is 0 Å².